The van der Waals surface area contributed by atoms with Gasteiger partial charge in [0.15, 0.2) is 0 Å². The topological polar surface area (TPSA) is 87.3 Å². The highest BCUT2D eigenvalue weighted by Crippen LogP contribution is 2.39. The lowest BCUT2D eigenvalue weighted by Crippen LogP contribution is -2.28. The van der Waals surface area contributed by atoms with E-state index < -0.39 is 0 Å². The normalized spacial score (nSPS) is 21.4. The first-order chi connectivity index (χ1) is 12.0. The number of anilines is 1. The van der Waals surface area contributed by atoms with Crippen LogP contribution in [0.15, 0.2) is 18.2 Å². The molecule has 0 saturated heterocycles. The molecular formula is C19H25N3O3. The minimum atomic E-state index is -0.278. The molecule has 2 fully saturated rings. The van der Waals surface area contributed by atoms with E-state index in [0.29, 0.717) is 30.3 Å². The Labute approximate surface area is 147 Å². The van der Waals surface area contributed by atoms with Gasteiger partial charge in [0.25, 0.3) is 5.91 Å². The van der Waals surface area contributed by atoms with Gasteiger partial charge in [-0.2, -0.15) is 0 Å². The predicted molar refractivity (Wildman–Crippen MR) is 95.2 cm³/mol. The van der Waals surface area contributed by atoms with Crippen LogP contribution in [0.1, 0.15) is 48.5 Å². The summed E-state index contributed by atoms with van der Waals surface area (Å²) in [4.78, 5) is 36.5. The van der Waals surface area contributed by atoms with Crippen molar-refractivity contribution in [1.29, 1.82) is 0 Å². The monoisotopic (exact) mass is 343 g/mol. The molecule has 0 aromatic heterocycles. The fourth-order valence-corrected chi connectivity index (χ4v) is 2.77. The molecule has 2 saturated carbocycles. The summed E-state index contributed by atoms with van der Waals surface area (Å²) in [5, 5.41) is 8.65. The summed E-state index contributed by atoms with van der Waals surface area (Å²) in [6.45, 7) is 4.52. The first-order valence-electron chi connectivity index (χ1n) is 8.99. The van der Waals surface area contributed by atoms with E-state index in [1.54, 1.807) is 12.1 Å². The number of nitrogens with one attached hydrogen (secondary N) is 3. The van der Waals surface area contributed by atoms with Gasteiger partial charge in [-0.25, -0.2) is 0 Å². The van der Waals surface area contributed by atoms with Crippen LogP contribution in [0.3, 0.4) is 0 Å². The van der Waals surface area contributed by atoms with Gasteiger partial charge >= 0.3 is 0 Å². The minimum absolute atomic E-state index is 0.0451. The Morgan fingerprint density at radius 1 is 1.12 bits per heavy atom. The Morgan fingerprint density at radius 2 is 1.84 bits per heavy atom. The Morgan fingerprint density at radius 3 is 2.52 bits per heavy atom. The molecule has 2 atom stereocenters. The standard InChI is InChI=1S/C19H25N3O3/c1-3-8-20-18(24)14-10-15(14)19(25)22-16-9-12(5-4-11(16)2)17(23)21-13-6-7-13/h4-5,9,13-15H,3,6-8,10H2,1-2H3,(H,20,24)(H,21,23)(H,22,25). The molecule has 0 radical (unpaired) electrons. The van der Waals surface area contributed by atoms with Crippen molar-refractivity contribution in [2.45, 2.75) is 45.6 Å². The number of hydrogen-bond acceptors (Lipinski definition) is 3. The highest BCUT2D eigenvalue weighted by Gasteiger charge is 2.47. The first-order valence-corrected chi connectivity index (χ1v) is 8.99. The van der Waals surface area contributed by atoms with Gasteiger partial charge in [0.05, 0.1) is 11.8 Å². The average molecular weight is 343 g/mol. The zero-order valence-electron chi connectivity index (χ0n) is 14.7. The van der Waals surface area contributed by atoms with Gasteiger partial charge in [-0.1, -0.05) is 13.0 Å². The third kappa shape index (κ3) is 4.38. The van der Waals surface area contributed by atoms with Crippen LogP contribution in [0.4, 0.5) is 5.69 Å². The van der Waals surface area contributed by atoms with Crippen LogP contribution in [0.2, 0.25) is 0 Å². The van der Waals surface area contributed by atoms with Gasteiger partial charge in [0.1, 0.15) is 0 Å². The van der Waals surface area contributed by atoms with Crippen molar-refractivity contribution in [3.05, 3.63) is 29.3 Å². The van der Waals surface area contributed by atoms with Crippen molar-refractivity contribution in [3.8, 4) is 0 Å². The van der Waals surface area contributed by atoms with Crippen molar-refractivity contribution < 1.29 is 14.4 Å². The van der Waals surface area contributed by atoms with Crippen molar-refractivity contribution in [2.75, 3.05) is 11.9 Å². The number of carbonyl (C=O) groups is 3. The minimum Gasteiger partial charge on any atom is -0.356 e. The Kier molecular flexibility index (Phi) is 5.06. The summed E-state index contributed by atoms with van der Waals surface area (Å²) in [6, 6.07) is 5.59. The van der Waals surface area contributed by atoms with Crippen LogP contribution in [0.5, 0.6) is 0 Å². The summed E-state index contributed by atoms with van der Waals surface area (Å²) in [5.74, 6) is -0.814. The average Bonchev–Trinajstić information content (AvgIpc) is 3.48. The van der Waals surface area contributed by atoms with Gasteiger partial charge in [0, 0.05) is 23.8 Å². The third-order valence-corrected chi connectivity index (χ3v) is 4.68. The van der Waals surface area contributed by atoms with Crippen LogP contribution in [-0.2, 0) is 9.59 Å². The SMILES string of the molecule is CCCNC(=O)C1CC1C(=O)Nc1cc(C(=O)NC2CC2)ccc1C. The Balaban J connectivity index is 1.59. The fraction of sp³-hybridized carbons (Fsp3) is 0.526. The molecule has 25 heavy (non-hydrogen) atoms. The van der Waals surface area contributed by atoms with Gasteiger partial charge in [0.2, 0.25) is 11.8 Å². The van der Waals surface area contributed by atoms with E-state index in [4.69, 9.17) is 0 Å². The highest BCUT2D eigenvalue weighted by molar-refractivity contribution is 6.01. The number of rotatable bonds is 7. The molecule has 3 N–H and O–H groups in total. The molecular weight excluding hydrogens is 318 g/mol. The molecule has 6 nitrogen and oxygen atoms in total. The summed E-state index contributed by atoms with van der Waals surface area (Å²) < 4.78 is 0. The fourth-order valence-electron chi connectivity index (χ4n) is 2.77. The second-order valence-corrected chi connectivity index (χ2v) is 7.01. The quantitative estimate of drug-likeness (QED) is 0.707. The van der Waals surface area contributed by atoms with E-state index >= 15 is 0 Å². The number of benzene rings is 1. The lowest BCUT2D eigenvalue weighted by Gasteiger charge is -2.11. The molecule has 0 aliphatic heterocycles. The summed E-state index contributed by atoms with van der Waals surface area (Å²) in [7, 11) is 0. The number of amides is 3. The zero-order valence-corrected chi connectivity index (χ0v) is 14.7. The van der Waals surface area contributed by atoms with Gasteiger partial charge in [-0.15, -0.1) is 0 Å². The Bertz CT molecular complexity index is 697. The second kappa shape index (κ2) is 7.25. The van der Waals surface area contributed by atoms with E-state index in [1.807, 2.05) is 19.9 Å². The van der Waals surface area contributed by atoms with Crippen molar-refractivity contribution in [1.82, 2.24) is 10.6 Å². The lowest BCUT2D eigenvalue weighted by atomic mass is 10.1. The number of carbonyl (C=O) groups excluding carboxylic acids is 3. The van der Waals surface area contributed by atoms with Crippen LogP contribution in [0, 0.1) is 18.8 Å². The van der Waals surface area contributed by atoms with E-state index in [1.165, 1.54) is 0 Å². The van der Waals surface area contributed by atoms with Gasteiger partial charge in [-0.05, 0) is 50.3 Å². The zero-order chi connectivity index (χ0) is 18.0. The molecule has 0 heterocycles. The summed E-state index contributed by atoms with van der Waals surface area (Å²) in [6.07, 6.45) is 3.53. The first kappa shape index (κ1) is 17.5. The molecule has 1 aromatic carbocycles. The smallest absolute Gasteiger partial charge is 0.251 e. The molecule has 3 amide bonds. The van der Waals surface area contributed by atoms with Gasteiger partial charge in [-0.3, -0.25) is 14.4 Å². The lowest BCUT2D eigenvalue weighted by molar-refractivity contribution is -0.125. The molecule has 2 aliphatic carbocycles. The summed E-state index contributed by atoms with van der Waals surface area (Å²) >= 11 is 0. The maximum absolute atomic E-state index is 12.4. The Hall–Kier alpha value is -2.37. The molecule has 3 rings (SSSR count). The van der Waals surface area contributed by atoms with Crippen molar-refractivity contribution in [2.24, 2.45) is 11.8 Å². The van der Waals surface area contributed by atoms with Crippen LogP contribution in [-0.4, -0.2) is 30.3 Å². The third-order valence-electron chi connectivity index (χ3n) is 4.68. The van der Waals surface area contributed by atoms with E-state index in [0.717, 1.165) is 24.8 Å². The van der Waals surface area contributed by atoms with Crippen molar-refractivity contribution in [3.63, 3.8) is 0 Å². The molecule has 2 unspecified atom stereocenters. The molecule has 2 aliphatic rings. The molecule has 134 valence electrons. The van der Waals surface area contributed by atoms with Crippen LogP contribution in [0.25, 0.3) is 0 Å². The number of aryl methyl sites for hydroxylation is 1. The molecule has 0 spiro atoms. The number of hydrogen-bond donors (Lipinski definition) is 3. The largest absolute Gasteiger partial charge is 0.356 e. The van der Waals surface area contributed by atoms with Gasteiger partial charge < -0.3 is 16.0 Å². The van der Waals surface area contributed by atoms with Crippen LogP contribution < -0.4 is 16.0 Å². The molecule has 6 heteroatoms. The predicted octanol–water partition coefficient (Wildman–Crippen LogP) is 1.99. The van der Waals surface area contributed by atoms with E-state index in [-0.39, 0.29) is 29.6 Å². The molecule has 0 bridgehead atoms. The van der Waals surface area contributed by atoms with Crippen molar-refractivity contribution >= 4 is 23.4 Å². The summed E-state index contributed by atoms with van der Waals surface area (Å²) in [5.41, 5.74) is 2.07. The highest BCUT2D eigenvalue weighted by atomic mass is 16.2. The van der Waals surface area contributed by atoms with E-state index in [9.17, 15) is 14.4 Å². The van der Waals surface area contributed by atoms with Crippen LogP contribution >= 0.6 is 0 Å². The van der Waals surface area contributed by atoms with E-state index in [2.05, 4.69) is 16.0 Å². The second-order valence-electron chi connectivity index (χ2n) is 7.01. The maximum atomic E-state index is 12.4. The molecule has 1 aromatic rings. The maximum Gasteiger partial charge on any atom is 0.251 e.